The van der Waals surface area contributed by atoms with Crippen molar-refractivity contribution in [2.24, 2.45) is 5.16 Å². The third kappa shape index (κ3) is 5.37. The second kappa shape index (κ2) is 7.23. The molecule has 0 spiro atoms. The fourth-order valence-electron chi connectivity index (χ4n) is 1.80. The van der Waals surface area contributed by atoms with E-state index in [2.05, 4.69) is 15.4 Å². The summed E-state index contributed by atoms with van der Waals surface area (Å²) in [5.74, 6) is -0.337. The minimum atomic E-state index is -0.337. The van der Waals surface area contributed by atoms with Crippen LogP contribution >= 0.6 is 0 Å². The van der Waals surface area contributed by atoms with E-state index in [0.29, 0.717) is 6.54 Å². The van der Waals surface area contributed by atoms with Crippen molar-refractivity contribution >= 4 is 12.1 Å². The number of nitrogens with zero attached hydrogens (tertiary/aromatic N) is 2. The molecule has 1 amide bonds. The lowest BCUT2D eigenvalue weighted by Gasteiger charge is -2.26. The van der Waals surface area contributed by atoms with Crippen molar-refractivity contribution in [3.8, 4) is 0 Å². The molecule has 0 radical (unpaired) electrons. The van der Waals surface area contributed by atoms with Crippen molar-refractivity contribution in [1.29, 1.82) is 0 Å². The highest BCUT2D eigenvalue weighted by atomic mass is 16.4. The van der Waals surface area contributed by atoms with E-state index in [1.807, 2.05) is 0 Å². The average Bonchev–Trinajstić information content (AvgIpc) is 2.26. The Morgan fingerprint density at radius 2 is 2.13 bits per heavy atom. The molecular formula is C10H19N3O2. The molecule has 0 bridgehead atoms. The summed E-state index contributed by atoms with van der Waals surface area (Å²) >= 11 is 0. The smallest absolute Gasteiger partial charge is 0.265 e. The molecular weight excluding hydrogens is 194 g/mol. The fraction of sp³-hybridized carbons (Fsp3) is 0.800. The molecule has 0 aromatic heterocycles. The van der Waals surface area contributed by atoms with Crippen molar-refractivity contribution in [3.05, 3.63) is 0 Å². The van der Waals surface area contributed by atoms with E-state index in [0.717, 1.165) is 19.2 Å². The zero-order chi connectivity index (χ0) is 10.9. The van der Waals surface area contributed by atoms with Gasteiger partial charge in [-0.2, -0.15) is 0 Å². The number of amides is 1. The van der Waals surface area contributed by atoms with Crippen molar-refractivity contribution in [3.63, 3.8) is 0 Å². The molecule has 5 nitrogen and oxygen atoms in total. The molecule has 86 valence electrons. The molecule has 2 N–H and O–H groups in total. The standard InChI is InChI=1S/C10H19N3O2/c14-10(9-12-15)11-5-4-8-13-6-2-1-3-7-13/h9,15H,1-8H2,(H,11,14). The van der Waals surface area contributed by atoms with E-state index >= 15 is 0 Å². The minimum absolute atomic E-state index is 0.337. The first-order chi connectivity index (χ1) is 7.33. The highest BCUT2D eigenvalue weighted by molar-refractivity contribution is 6.25. The van der Waals surface area contributed by atoms with Gasteiger partial charge >= 0.3 is 0 Å². The predicted octanol–water partition coefficient (Wildman–Crippen LogP) is 0.439. The lowest BCUT2D eigenvalue weighted by molar-refractivity contribution is -0.114. The molecule has 1 aliphatic heterocycles. The van der Waals surface area contributed by atoms with E-state index < -0.39 is 0 Å². The largest absolute Gasteiger partial charge is 0.411 e. The Balaban J connectivity index is 1.98. The summed E-state index contributed by atoms with van der Waals surface area (Å²) in [5.41, 5.74) is 0. The van der Waals surface area contributed by atoms with Gasteiger partial charge in [0.25, 0.3) is 5.91 Å². The number of nitrogens with one attached hydrogen (secondary N) is 1. The Kier molecular flexibility index (Phi) is 5.77. The molecule has 15 heavy (non-hydrogen) atoms. The van der Waals surface area contributed by atoms with Crippen LogP contribution in [0.5, 0.6) is 0 Å². The second-order valence-corrected chi connectivity index (χ2v) is 3.79. The van der Waals surface area contributed by atoms with Gasteiger partial charge in [-0.05, 0) is 38.9 Å². The van der Waals surface area contributed by atoms with Gasteiger partial charge in [-0.25, -0.2) is 0 Å². The van der Waals surface area contributed by atoms with Gasteiger partial charge in [-0.1, -0.05) is 11.6 Å². The van der Waals surface area contributed by atoms with Gasteiger partial charge in [-0.3, -0.25) is 4.79 Å². The van der Waals surface area contributed by atoms with Crippen LogP contribution < -0.4 is 5.32 Å². The van der Waals surface area contributed by atoms with Gasteiger partial charge < -0.3 is 15.4 Å². The number of oxime groups is 1. The third-order valence-corrected chi connectivity index (χ3v) is 2.57. The number of piperidine rings is 1. The van der Waals surface area contributed by atoms with Crippen molar-refractivity contribution in [2.75, 3.05) is 26.2 Å². The highest BCUT2D eigenvalue weighted by Gasteiger charge is 2.08. The molecule has 1 saturated heterocycles. The number of carbonyl (C=O) groups excluding carboxylic acids is 1. The van der Waals surface area contributed by atoms with E-state index in [1.165, 1.54) is 32.4 Å². The van der Waals surface area contributed by atoms with Crippen LogP contribution in [0.4, 0.5) is 0 Å². The Bertz CT molecular complexity index is 213. The number of likely N-dealkylation sites (tertiary alicyclic amines) is 1. The summed E-state index contributed by atoms with van der Waals surface area (Å²) in [6.07, 6.45) is 5.76. The van der Waals surface area contributed by atoms with E-state index in [4.69, 9.17) is 5.21 Å². The number of hydrogen-bond acceptors (Lipinski definition) is 4. The quantitative estimate of drug-likeness (QED) is 0.301. The topological polar surface area (TPSA) is 64.9 Å². The van der Waals surface area contributed by atoms with Crippen LogP contribution in [0.1, 0.15) is 25.7 Å². The van der Waals surface area contributed by atoms with Gasteiger partial charge in [0.2, 0.25) is 0 Å². The van der Waals surface area contributed by atoms with E-state index in [9.17, 15) is 4.79 Å². The van der Waals surface area contributed by atoms with Gasteiger partial charge in [0.05, 0.1) is 0 Å². The maximum absolute atomic E-state index is 10.9. The highest BCUT2D eigenvalue weighted by Crippen LogP contribution is 2.08. The van der Waals surface area contributed by atoms with Gasteiger partial charge in [0, 0.05) is 6.54 Å². The molecule has 1 heterocycles. The molecule has 1 rings (SSSR count). The molecule has 5 heteroatoms. The normalized spacial score (nSPS) is 18.1. The van der Waals surface area contributed by atoms with Gasteiger partial charge in [0.15, 0.2) is 0 Å². The summed E-state index contributed by atoms with van der Waals surface area (Å²) in [5, 5.41) is 13.4. The van der Waals surface area contributed by atoms with Crippen LogP contribution in [0.15, 0.2) is 5.16 Å². The Morgan fingerprint density at radius 1 is 1.40 bits per heavy atom. The number of carbonyl (C=O) groups is 1. The average molecular weight is 213 g/mol. The number of rotatable bonds is 5. The Morgan fingerprint density at radius 3 is 2.80 bits per heavy atom. The first kappa shape index (κ1) is 12.0. The Labute approximate surface area is 90.1 Å². The summed E-state index contributed by atoms with van der Waals surface area (Å²) in [7, 11) is 0. The van der Waals surface area contributed by atoms with Crippen LogP contribution in [0, 0.1) is 0 Å². The molecule has 0 unspecified atom stereocenters. The summed E-state index contributed by atoms with van der Waals surface area (Å²) in [4.78, 5) is 13.3. The van der Waals surface area contributed by atoms with E-state index in [1.54, 1.807) is 0 Å². The van der Waals surface area contributed by atoms with Crippen molar-refractivity contribution in [1.82, 2.24) is 10.2 Å². The minimum Gasteiger partial charge on any atom is -0.411 e. The molecule has 1 aliphatic rings. The summed E-state index contributed by atoms with van der Waals surface area (Å²) in [6.45, 7) is 4.05. The van der Waals surface area contributed by atoms with Crippen molar-refractivity contribution < 1.29 is 10.0 Å². The van der Waals surface area contributed by atoms with Gasteiger partial charge in [-0.15, -0.1) is 0 Å². The molecule has 0 saturated carbocycles. The monoisotopic (exact) mass is 213 g/mol. The molecule has 0 atom stereocenters. The zero-order valence-electron chi connectivity index (χ0n) is 8.98. The molecule has 0 aromatic rings. The maximum Gasteiger partial charge on any atom is 0.265 e. The molecule has 1 fully saturated rings. The first-order valence-corrected chi connectivity index (χ1v) is 5.50. The molecule has 0 aliphatic carbocycles. The van der Waals surface area contributed by atoms with Crippen LogP contribution in [0.25, 0.3) is 0 Å². The van der Waals surface area contributed by atoms with Crippen LogP contribution in [0.2, 0.25) is 0 Å². The lowest BCUT2D eigenvalue weighted by Crippen LogP contribution is -2.33. The lowest BCUT2D eigenvalue weighted by atomic mass is 10.1. The maximum atomic E-state index is 10.9. The summed E-state index contributed by atoms with van der Waals surface area (Å²) < 4.78 is 0. The number of hydrogen-bond donors (Lipinski definition) is 2. The van der Waals surface area contributed by atoms with Crippen molar-refractivity contribution in [2.45, 2.75) is 25.7 Å². The molecule has 0 aromatic carbocycles. The SMILES string of the molecule is O=C(C=NO)NCCCN1CCCCC1. The fourth-order valence-corrected chi connectivity index (χ4v) is 1.80. The van der Waals surface area contributed by atoms with Crippen LogP contribution in [-0.4, -0.2) is 48.4 Å². The summed E-state index contributed by atoms with van der Waals surface area (Å²) in [6, 6.07) is 0. The van der Waals surface area contributed by atoms with Gasteiger partial charge in [0.1, 0.15) is 6.21 Å². The van der Waals surface area contributed by atoms with Crippen LogP contribution in [0.3, 0.4) is 0 Å². The predicted molar refractivity (Wildman–Crippen MR) is 58.2 cm³/mol. The van der Waals surface area contributed by atoms with Crippen LogP contribution in [-0.2, 0) is 4.79 Å². The second-order valence-electron chi connectivity index (χ2n) is 3.79. The van der Waals surface area contributed by atoms with E-state index in [-0.39, 0.29) is 5.91 Å². The zero-order valence-corrected chi connectivity index (χ0v) is 8.98. The third-order valence-electron chi connectivity index (χ3n) is 2.57. The first-order valence-electron chi connectivity index (χ1n) is 5.50. The Hall–Kier alpha value is -1.10.